The smallest absolute Gasteiger partial charge is 0.261 e. The maximum absolute atomic E-state index is 13.9. The van der Waals surface area contributed by atoms with Crippen LogP contribution in [0.2, 0.25) is 0 Å². The molecule has 0 saturated heterocycles. The number of hydrogen-bond donors (Lipinski definition) is 2. The number of aryl methyl sites for hydroxylation is 3. The lowest BCUT2D eigenvalue weighted by atomic mass is 10.1. The van der Waals surface area contributed by atoms with Crippen LogP contribution in [0.5, 0.6) is 0 Å². The molecular formula is C16H16F2N2O. The summed E-state index contributed by atoms with van der Waals surface area (Å²) in [6.07, 6.45) is 0. The van der Waals surface area contributed by atoms with Crippen LogP contribution in [0.1, 0.15) is 27.0 Å². The normalized spacial score (nSPS) is 10.5. The zero-order valence-electron chi connectivity index (χ0n) is 12.1. The van der Waals surface area contributed by atoms with Crippen molar-refractivity contribution in [3.05, 3.63) is 58.2 Å². The van der Waals surface area contributed by atoms with Gasteiger partial charge in [0.05, 0.1) is 0 Å². The van der Waals surface area contributed by atoms with Gasteiger partial charge >= 0.3 is 0 Å². The number of carbonyl (C=O) groups excluding carboxylic acids is 1. The van der Waals surface area contributed by atoms with Crippen LogP contribution < -0.4 is 11.1 Å². The van der Waals surface area contributed by atoms with E-state index in [9.17, 15) is 13.6 Å². The molecule has 0 bridgehead atoms. The van der Waals surface area contributed by atoms with E-state index in [1.165, 1.54) is 13.0 Å². The number of nitrogens with one attached hydrogen (secondary N) is 1. The van der Waals surface area contributed by atoms with E-state index < -0.39 is 23.1 Å². The lowest BCUT2D eigenvalue weighted by molar-refractivity contribution is 0.101. The van der Waals surface area contributed by atoms with Crippen LogP contribution in [0.25, 0.3) is 0 Å². The molecule has 0 fully saturated rings. The van der Waals surface area contributed by atoms with E-state index in [1.54, 1.807) is 19.1 Å². The van der Waals surface area contributed by atoms with Gasteiger partial charge in [-0.1, -0.05) is 12.1 Å². The Morgan fingerprint density at radius 2 is 1.71 bits per heavy atom. The largest absolute Gasteiger partial charge is 0.398 e. The fraction of sp³-hybridized carbons (Fsp3) is 0.188. The van der Waals surface area contributed by atoms with Crippen LogP contribution in [0.3, 0.4) is 0 Å². The van der Waals surface area contributed by atoms with Crippen molar-refractivity contribution in [3.8, 4) is 0 Å². The van der Waals surface area contributed by atoms with E-state index >= 15 is 0 Å². The van der Waals surface area contributed by atoms with Gasteiger partial charge in [-0.3, -0.25) is 4.79 Å². The second kappa shape index (κ2) is 5.52. The Morgan fingerprint density at radius 3 is 2.38 bits per heavy atom. The Kier molecular flexibility index (Phi) is 3.93. The van der Waals surface area contributed by atoms with Gasteiger partial charge < -0.3 is 11.1 Å². The van der Waals surface area contributed by atoms with Crippen LogP contribution in [-0.4, -0.2) is 5.91 Å². The van der Waals surface area contributed by atoms with Gasteiger partial charge in [-0.2, -0.15) is 0 Å². The van der Waals surface area contributed by atoms with Gasteiger partial charge in [-0.05, 0) is 49.6 Å². The van der Waals surface area contributed by atoms with E-state index in [0.717, 1.165) is 17.2 Å². The Hall–Kier alpha value is -2.43. The highest BCUT2D eigenvalue weighted by Crippen LogP contribution is 2.24. The number of benzene rings is 2. The van der Waals surface area contributed by atoms with E-state index in [-0.39, 0.29) is 5.56 Å². The van der Waals surface area contributed by atoms with E-state index in [4.69, 9.17) is 5.73 Å². The van der Waals surface area contributed by atoms with E-state index in [0.29, 0.717) is 11.4 Å². The standard InChI is InChI=1S/C16H16F2N2O/c1-8-4-5-11(17)14(15(8)18)16(21)20-13-7-12(19)9(2)6-10(13)3/h4-7H,19H2,1-3H3,(H,20,21). The van der Waals surface area contributed by atoms with Gasteiger partial charge in [0.2, 0.25) is 0 Å². The number of carbonyl (C=O) groups is 1. The molecule has 0 heterocycles. The van der Waals surface area contributed by atoms with Crippen molar-refractivity contribution in [1.29, 1.82) is 0 Å². The molecule has 0 unspecified atom stereocenters. The minimum atomic E-state index is -0.895. The fourth-order valence-electron chi connectivity index (χ4n) is 2.05. The fourth-order valence-corrected chi connectivity index (χ4v) is 2.05. The van der Waals surface area contributed by atoms with Crippen LogP contribution in [0, 0.1) is 32.4 Å². The average Bonchev–Trinajstić information content (AvgIpc) is 2.41. The number of halogens is 2. The molecule has 2 rings (SSSR count). The van der Waals surface area contributed by atoms with Crippen LogP contribution in [0.15, 0.2) is 24.3 Å². The third-order valence-corrected chi connectivity index (χ3v) is 3.37. The summed E-state index contributed by atoms with van der Waals surface area (Å²) < 4.78 is 27.6. The lowest BCUT2D eigenvalue weighted by Gasteiger charge is -2.12. The highest BCUT2D eigenvalue weighted by molar-refractivity contribution is 6.05. The Morgan fingerprint density at radius 1 is 1.05 bits per heavy atom. The SMILES string of the molecule is Cc1cc(C)c(NC(=O)c2c(F)ccc(C)c2F)cc1N. The number of nitrogen functional groups attached to an aromatic ring is 1. The maximum Gasteiger partial charge on any atom is 0.261 e. The summed E-state index contributed by atoms with van der Waals surface area (Å²) in [6.45, 7) is 5.10. The molecule has 0 aliphatic heterocycles. The third kappa shape index (κ3) is 2.86. The summed E-state index contributed by atoms with van der Waals surface area (Å²) >= 11 is 0. The Balaban J connectivity index is 2.40. The summed E-state index contributed by atoms with van der Waals surface area (Å²) in [5.74, 6) is -2.58. The summed E-state index contributed by atoms with van der Waals surface area (Å²) in [7, 11) is 0. The molecule has 21 heavy (non-hydrogen) atoms. The number of rotatable bonds is 2. The average molecular weight is 290 g/mol. The first-order valence-corrected chi connectivity index (χ1v) is 6.44. The molecule has 0 radical (unpaired) electrons. The molecule has 0 aliphatic rings. The summed E-state index contributed by atoms with van der Waals surface area (Å²) in [5.41, 5.74) is 7.98. The Bertz CT molecular complexity index is 727. The summed E-state index contributed by atoms with van der Waals surface area (Å²) in [5, 5.41) is 2.50. The quantitative estimate of drug-likeness (QED) is 0.828. The maximum atomic E-state index is 13.9. The van der Waals surface area contributed by atoms with Gasteiger partial charge in [0.15, 0.2) is 0 Å². The molecule has 0 spiro atoms. The van der Waals surface area contributed by atoms with E-state index in [1.807, 2.05) is 6.92 Å². The second-order valence-electron chi connectivity index (χ2n) is 5.03. The molecule has 2 aromatic carbocycles. The molecule has 2 aromatic rings. The minimum Gasteiger partial charge on any atom is -0.398 e. The molecule has 5 heteroatoms. The Labute approximate surface area is 121 Å². The molecule has 1 amide bonds. The van der Waals surface area contributed by atoms with Crippen molar-refractivity contribution in [2.75, 3.05) is 11.1 Å². The lowest BCUT2D eigenvalue weighted by Crippen LogP contribution is -2.17. The zero-order valence-corrected chi connectivity index (χ0v) is 12.1. The molecule has 0 aromatic heterocycles. The first kappa shape index (κ1) is 15.0. The topological polar surface area (TPSA) is 55.1 Å². The number of amides is 1. The minimum absolute atomic E-state index is 0.210. The highest BCUT2D eigenvalue weighted by Gasteiger charge is 2.19. The van der Waals surface area contributed by atoms with Gasteiger partial charge in [0.1, 0.15) is 17.2 Å². The predicted octanol–water partition coefficient (Wildman–Crippen LogP) is 3.72. The molecular weight excluding hydrogens is 274 g/mol. The van der Waals surface area contributed by atoms with Gasteiger partial charge in [-0.15, -0.1) is 0 Å². The molecule has 0 atom stereocenters. The molecule has 110 valence electrons. The molecule has 0 saturated carbocycles. The number of anilines is 2. The third-order valence-electron chi connectivity index (χ3n) is 3.37. The van der Waals surface area contributed by atoms with Crippen molar-refractivity contribution in [2.24, 2.45) is 0 Å². The number of hydrogen-bond acceptors (Lipinski definition) is 2. The highest BCUT2D eigenvalue weighted by atomic mass is 19.1. The van der Waals surface area contributed by atoms with Crippen molar-refractivity contribution >= 4 is 17.3 Å². The first-order chi connectivity index (χ1) is 9.81. The van der Waals surface area contributed by atoms with Crippen LogP contribution >= 0.6 is 0 Å². The van der Waals surface area contributed by atoms with E-state index in [2.05, 4.69) is 5.32 Å². The van der Waals surface area contributed by atoms with Gasteiger partial charge in [0, 0.05) is 11.4 Å². The zero-order chi connectivity index (χ0) is 15.7. The first-order valence-electron chi connectivity index (χ1n) is 6.44. The van der Waals surface area contributed by atoms with Gasteiger partial charge in [0.25, 0.3) is 5.91 Å². The van der Waals surface area contributed by atoms with Gasteiger partial charge in [-0.25, -0.2) is 8.78 Å². The van der Waals surface area contributed by atoms with Crippen LogP contribution in [0.4, 0.5) is 20.2 Å². The van der Waals surface area contributed by atoms with Crippen LogP contribution in [-0.2, 0) is 0 Å². The van der Waals surface area contributed by atoms with Crippen molar-refractivity contribution in [1.82, 2.24) is 0 Å². The van der Waals surface area contributed by atoms with Crippen molar-refractivity contribution < 1.29 is 13.6 Å². The predicted molar refractivity (Wildman–Crippen MR) is 79.4 cm³/mol. The van der Waals surface area contributed by atoms with Crippen molar-refractivity contribution in [3.63, 3.8) is 0 Å². The van der Waals surface area contributed by atoms with Crippen molar-refractivity contribution in [2.45, 2.75) is 20.8 Å². The molecule has 0 aliphatic carbocycles. The monoisotopic (exact) mass is 290 g/mol. The summed E-state index contributed by atoms with van der Waals surface area (Å²) in [6, 6.07) is 5.74. The summed E-state index contributed by atoms with van der Waals surface area (Å²) in [4.78, 5) is 12.1. The molecule has 3 N–H and O–H groups in total. The second-order valence-corrected chi connectivity index (χ2v) is 5.03. The number of nitrogens with two attached hydrogens (primary N) is 1. The molecule has 3 nitrogen and oxygen atoms in total.